The predicted octanol–water partition coefficient (Wildman–Crippen LogP) is 2.14. The van der Waals surface area contributed by atoms with Crippen LogP contribution in [0.3, 0.4) is 0 Å². The van der Waals surface area contributed by atoms with Gasteiger partial charge in [0.15, 0.2) is 5.69 Å². The molecule has 0 aliphatic rings. The molecule has 5 nitrogen and oxygen atoms in total. The van der Waals surface area contributed by atoms with E-state index in [0.717, 1.165) is 10.2 Å². The van der Waals surface area contributed by atoms with Crippen LogP contribution in [0.1, 0.15) is 17.0 Å². The Labute approximate surface area is 119 Å². The molecule has 1 aromatic heterocycles. The molecule has 0 unspecified atom stereocenters. The number of benzene rings is 1. The van der Waals surface area contributed by atoms with Crippen LogP contribution < -0.4 is 10.5 Å². The first-order valence-electron chi connectivity index (χ1n) is 6.31. The number of ether oxygens (including phenoxy) is 1. The van der Waals surface area contributed by atoms with Gasteiger partial charge >= 0.3 is 6.18 Å². The van der Waals surface area contributed by atoms with Crippen molar-refractivity contribution in [1.29, 1.82) is 0 Å². The normalized spacial score (nSPS) is 11.7. The van der Waals surface area contributed by atoms with Crippen LogP contribution in [0.5, 0.6) is 5.75 Å². The van der Waals surface area contributed by atoms with Crippen molar-refractivity contribution in [2.45, 2.75) is 26.2 Å². The average molecular weight is 300 g/mol. The molecular weight excluding hydrogens is 285 g/mol. The average Bonchev–Trinajstić information content (AvgIpc) is 2.82. The lowest BCUT2D eigenvalue weighted by Crippen LogP contribution is -2.20. The number of alkyl halides is 3. The molecule has 21 heavy (non-hydrogen) atoms. The Bertz CT molecular complexity index is 610. The van der Waals surface area contributed by atoms with Crippen LogP contribution in [0.2, 0.25) is 0 Å². The van der Waals surface area contributed by atoms with Crippen LogP contribution in [0.15, 0.2) is 24.3 Å². The highest BCUT2D eigenvalue weighted by molar-refractivity contribution is 5.27. The van der Waals surface area contributed by atoms with Gasteiger partial charge in [-0.2, -0.15) is 13.2 Å². The van der Waals surface area contributed by atoms with Crippen molar-refractivity contribution in [2.24, 2.45) is 5.73 Å². The van der Waals surface area contributed by atoms with Crippen molar-refractivity contribution in [1.82, 2.24) is 15.0 Å². The second kappa shape index (κ2) is 6.13. The summed E-state index contributed by atoms with van der Waals surface area (Å²) in [6.07, 6.45) is -4.54. The lowest BCUT2D eigenvalue weighted by atomic mass is 10.2. The summed E-state index contributed by atoms with van der Waals surface area (Å²) in [4.78, 5) is 0. The Morgan fingerprint density at radius 3 is 2.71 bits per heavy atom. The van der Waals surface area contributed by atoms with E-state index in [2.05, 4.69) is 10.3 Å². The number of halogens is 3. The molecule has 0 aliphatic heterocycles. The van der Waals surface area contributed by atoms with Gasteiger partial charge in [-0.25, -0.2) is 4.68 Å². The van der Waals surface area contributed by atoms with E-state index < -0.39 is 11.9 Å². The number of nitrogens with zero attached hydrogens (tertiary/aromatic N) is 3. The van der Waals surface area contributed by atoms with Crippen molar-refractivity contribution in [3.05, 3.63) is 41.2 Å². The minimum absolute atomic E-state index is 0.0555. The molecule has 0 fully saturated rings. The molecular formula is C13H15F3N4O. The number of rotatable bonds is 5. The van der Waals surface area contributed by atoms with E-state index in [1.165, 1.54) is 0 Å². The quantitative estimate of drug-likeness (QED) is 0.919. The molecule has 2 N–H and O–H groups in total. The fourth-order valence-corrected chi connectivity index (χ4v) is 1.91. The van der Waals surface area contributed by atoms with Crippen molar-refractivity contribution < 1.29 is 17.9 Å². The molecule has 1 heterocycles. The fourth-order valence-electron chi connectivity index (χ4n) is 1.91. The van der Waals surface area contributed by atoms with Gasteiger partial charge in [-0.1, -0.05) is 17.3 Å². The third kappa shape index (κ3) is 3.72. The van der Waals surface area contributed by atoms with Crippen LogP contribution in [0.4, 0.5) is 13.2 Å². The van der Waals surface area contributed by atoms with Crippen molar-refractivity contribution in [3.8, 4) is 5.75 Å². The van der Waals surface area contributed by atoms with Crippen molar-refractivity contribution in [2.75, 3.05) is 6.61 Å². The van der Waals surface area contributed by atoms with E-state index in [1.807, 2.05) is 19.1 Å². The summed E-state index contributed by atoms with van der Waals surface area (Å²) in [5.74, 6) is 0.600. The summed E-state index contributed by atoms with van der Waals surface area (Å²) in [6.45, 7) is 1.59. The molecule has 0 bridgehead atoms. The van der Waals surface area contributed by atoms with E-state index >= 15 is 0 Å². The highest BCUT2D eigenvalue weighted by Crippen LogP contribution is 2.30. The highest BCUT2D eigenvalue weighted by Gasteiger charge is 2.38. The monoisotopic (exact) mass is 300 g/mol. The second-order valence-electron chi connectivity index (χ2n) is 4.47. The number of hydrogen-bond donors (Lipinski definition) is 1. The highest BCUT2D eigenvalue weighted by atomic mass is 19.4. The van der Waals surface area contributed by atoms with Crippen LogP contribution in [-0.2, 0) is 19.3 Å². The number of aromatic nitrogens is 3. The molecule has 0 saturated heterocycles. The molecule has 0 atom stereocenters. The molecule has 0 amide bonds. The molecule has 0 aliphatic carbocycles. The minimum Gasteiger partial charge on any atom is -0.492 e. The summed E-state index contributed by atoms with van der Waals surface area (Å²) < 4.78 is 45.0. The van der Waals surface area contributed by atoms with Gasteiger partial charge in [0.1, 0.15) is 18.1 Å². The Hall–Kier alpha value is -2.09. The zero-order valence-corrected chi connectivity index (χ0v) is 11.4. The lowest BCUT2D eigenvalue weighted by Gasteiger charge is -2.11. The third-order valence-electron chi connectivity index (χ3n) is 2.83. The van der Waals surface area contributed by atoms with Crippen LogP contribution in [-0.4, -0.2) is 21.6 Å². The van der Waals surface area contributed by atoms with E-state index in [0.29, 0.717) is 5.75 Å². The number of aryl methyl sites for hydroxylation is 1. The van der Waals surface area contributed by atoms with Crippen LogP contribution >= 0.6 is 0 Å². The maximum Gasteiger partial charge on any atom is 0.434 e. The smallest absolute Gasteiger partial charge is 0.434 e. The number of hydrogen-bond acceptors (Lipinski definition) is 4. The first-order chi connectivity index (χ1) is 9.91. The lowest BCUT2D eigenvalue weighted by molar-refractivity contribution is -0.145. The Morgan fingerprint density at radius 2 is 2.10 bits per heavy atom. The fraction of sp³-hybridized carbons (Fsp3) is 0.385. The van der Waals surface area contributed by atoms with E-state index in [4.69, 9.17) is 10.5 Å². The van der Waals surface area contributed by atoms with Gasteiger partial charge in [0.2, 0.25) is 0 Å². The summed E-state index contributed by atoms with van der Waals surface area (Å²) in [5.41, 5.74) is 5.07. The molecule has 1 aromatic carbocycles. The standard InChI is InChI=1S/C13H15F3N4O/c1-9-3-2-4-10(7-9)21-6-5-20-12(13(14,15)16)11(8-17)18-19-20/h2-4,7H,5-6,8,17H2,1H3. The first kappa shape index (κ1) is 15.3. The van der Waals surface area contributed by atoms with Gasteiger partial charge in [0.25, 0.3) is 0 Å². The van der Waals surface area contributed by atoms with Gasteiger partial charge < -0.3 is 10.5 Å². The Balaban J connectivity index is 2.05. The first-order valence-corrected chi connectivity index (χ1v) is 6.31. The van der Waals surface area contributed by atoms with Crippen LogP contribution in [0.25, 0.3) is 0 Å². The molecule has 0 radical (unpaired) electrons. The molecule has 8 heteroatoms. The SMILES string of the molecule is Cc1cccc(OCCn2nnc(CN)c2C(F)(F)F)c1. The topological polar surface area (TPSA) is 66.0 Å². The summed E-state index contributed by atoms with van der Waals surface area (Å²) in [5, 5.41) is 6.94. The zero-order chi connectivity index (χ0) is 15.5. The van der Waals surface area contributed by atoms with Gasteiger partial charge in [-0.3, -0.25) is 0 Å². The summed E-state index contributed by atoms with van der Waals surface area (Å²) in [6, 6.07) is 7.26. The Morgan fingerprint density at radius 1 is 1.33 bits per heavy atom. The van der Waals surface area contributed by atoms with E-state index in [9.17, 15) is 13.2 Å². The number of nitrogens with two attached hydrogens (primary N) is 1. The summed E-state index contributed by atoms with van der Waals surface area (Å²) in [7, 11) is 0. The van der Waals surface area contributed by atoms with Crippen molar-refractivity contribution >= 4 is 0 Å². The maximum absolute atomic E-state index is 12.9. The Kier molecular flexibility index (Phi) is 4.46. The summed E-state index contributed by atoms with van der Waals surface area (Å²) >= 11 is 0. The predicted molar refractivity (Wildman–Crippen MR) is 69.6 cm³/mol. The maximum atomic E-state index is 12.9. The molecule has 114 valence electrons. The van der Waals surface area contributed by atoms with Gasteiger partial charge in [-0.15, -0.1) is 5.10 Å². The second-order valence-corrected chi connectivity index (χ2v) is 4.47. The molecule has 2 rings (SSSR count). The van der Waals surface area contributed by atoms with E-state index in [1.54, 1.807) is 12.1 Å². The third-order valence-corrected chi connectivity index (χ3v) is 2.83. The van der Waals surface area contributed by atoms with Crippen LogP contribution in [0, 0.1) is 6.92 Å². The molecule has 0 spiro atoms. The minimum atomic E-state index is -4.54. The van der Waals surface area contributed by atoms with Gasteiger partial charge in [0, 0.05) is 6.54 Å². The molecule has 0 saturated carbocycles. The largest absolute Gasteiger partial charge is 0.492 e. The molecule has 2 aromatic rings. The van der Waals surface area contributed by atoms with Gasteiger partial charge in [0.05, 0.1) is 6.54 Å². The zero-order valence-electron chi connectivity index (χ0n) is 11.4. The van der Waals surface area contributed by atoms with E-state index in [-0.39, 0.29) is 25.4 Å². The van der Waals surface area contributed by atoms with Gasteiger partial charge in [-0.05, 0) is 24.6 Å². The van der Waals surface area contributed by atoms with Crippen molar-refractivity contribution in [3.63, 3.8) is 0 Å².